The van der Waals surface area contributed by atoms with Gasteiger partial charge in [0.1, 0.15) is 11.6 Å². The van der Waals surface area contributed by atoms with E-state index in [1.165, 1.54) is 27.9 Å². The van der Waals surface area contributed by atoms with Gasteiger partial charge >= 0.3 is 21.1 Å². The maximum Gasteiger partial charge on any atom is 2.00 e. The number of nitrogens with zero attached hydrogens (tertiary/aromatic N) is 4. The average Bonchev–Trinajstić information content (AvgIpc) is 3.60. The summed E-state index contributed by atoms with van der Waals surface area (Å²) in [6.07, 6.45) is 3.43. The first-order valence-corrected chi connectivity index (χ1v) is 15.3. The molecule has 0 radical (unpaired) electrons. The van der Waals surface area contributed by atoms with Gasteiger partial charge in [-0.1, -0.05) is 55.8 Å². The van der Waals surface area contributed by atoms with Crippen LogP contribution in [0.5, 0.6) is 17.2 Å². The fraction of sp³-hybridized carbons (Fsp3) is 0.179. The Morgan fingerprint density at radius 1 is 0.761 bits per heavy atom. The molecule has 0 atom stereocenters. The Morgan fingerprint density at radius 2 is 1.52 bits per heavy atom. The third kappa shape index (κ3) is 5.41. The quantitative estimate of drug-likeness (QED) is 0.144. The van der Waals surface area contributed by atoms with Crippen molar-refractivity contribution in [3.05, 3.63) is 126 Å². The van der Waals surface area contributed by atoms with Crippen molar-refractivity contribution in [2.45, 2.75) is 40.5 Å². The molecule has 0 unspecified atom stereocenters. The van der Waals surface area contributed by atoms with Crippen LogP contribution in [0.1, 0.15) is 36.4 Å². The van der Waals surface area contributed by atoms with Gasteiger partial charge in [-0.15, -0.1) is 35.7 Å². The van der Waals surface area contributed by atoms with Crippen molar-refractivity contribution in [2.24, 2.45) is 0 Å². The summed E-state index contributed by atoms with van der Waals surface area (Å²) in [4.78, 5) is 4.66. The Bertz CT molecular complexity index is 2180. The number of hydrogen-bond acceptors (Lipinski definition) is 4. The first-order valence-electron chi connectivity index (χ1n) is 15.3. The van der Waals surface area contributed by atoms with Gasteiger partial charge in [-0.2, -0.15) is 17.2 Å². The number of aromatic nitrogens is 4. The Kier molecular flexibility index (Phi) is 8.84. The normalized spacial score (nSPS) is 11.2. The van der Waals surface area contributed by atoms with E-state index in [9.17, 15) is 0 Å². The molecule has 232 valence electrons. The van der Waals surface area contributed by atoms with Gasteiger partial charge in [-0.25, -0.2) is 4.98 Å². The summed E-state index contributed by atoms with van der Waals surface area (Å²) in [6.45, 7) is 8.70. The molecule has 46 heavy (non-hydrogen) atoms. The second-order valence-electron chi connectivity index (χ2n) is 11.1. The summed E-state index contributed by atoms with van der Waals surface area (Å²) in [6, 6.07) is 35.5. The van der Waals surface area contributed by atoms with Gasteiger partial charge in [0.15, 0.2) is 0 Å². The Morgan fingerprint density at radius 3 is 2.28 bits per heavy atom. The first-order chi connectivity index (χ1) is 22.0. The first kappa shape index (κ1) is 31.3. The largest absolute Gasteiger partial charge is 2.00 e. The SMILES string of the molecule is CCc1nn(-c2[c-]c(Oc3[c-]c4c(cc3)c3ccccc3n4-c3cc(OC)ccn3)ccc2)c(CC)c1-c1c(C)cccc1C.[Pt+2]. The molecule has 0 amide bonds. The standard InChI is InChI=1S/C39H34N4O2.Pt/c1-6-33-39(38-25(3)12-10-13-26(38)4)34(7-2)43(41-33)27-14-11-15-29(22-27)45-30-18-19-32-31-16-8-9-17-35(31)42(36(32)23-30)37-24-28(44-5)20-21-40-37;/h8-21,24H,6-7H2,1-5H3;/q-2;+2. The molecule has 7 rings (SSSR count). The van der Waals surface area contributed by atoms with E-state index < -0.39 is 0 Å². The van der Waals surface area contributed by atoms with E-state index >= 15 is 0 Å². The van der Waals surface area contributed by atoms with Crippen LogP contribution in [0, 0.1) is 26.0 Å². The molecule has 0 fully saturated rings. The molecule has 4 aromatic carbocycles. The van der Waals surface area contributed by atoms with Crippen molar-refractivity contribution in [3.8, 4) is 39.9 Å². The second-order valence-corrected chi connectivity index (χ2v) is 11.1. The summed E-state index contributed by atoms with van der Waals surface area (Å²) in [7, 11) is 1.66. The molecular formula is C39H34N4O2Pt. The van der Waals surface area contributed by atoms with Gasteiger partial charge in [-0.3, -0.25) is 4.68 Å². The minimum Gasteiger partial charge on any atom is -0.509 e. The monoisotopic (exact) mass is 785 g/mol. The van der Waals surface area contributed by atoms with Crippen LogP contribution in [0.15, 0.2) is 91.1 Å². The maximum atomic E-state index is 6.43. The zero-order valence-electron chi connectivity index (χ0n) is 26.5. The Hall–Kier alpha value is -4.67. The van der Waals surface area contributed by atoms with Crippen LogP contribution in [-0.4, -0.2) is 26.4 Å². The molecule has 3 heterocycles. The van der Waals surface area contributed by atoms with Gasteiger partial charge in [0.25, 0.3) is 0 Å². The van der Waals surface area contributed by atoms with E-state index in [2.05, 4.69) is 85.8 Å². The number of hydrogen-bond donors (Lipinski definition) is 0. The number of methoxy groups -OCH3 is 1. The Labute approximate surface area is 283 Å². The molecule has 6 nitrogen and oxygen atoms in total. The third-order valence-electron chi connectivity index (χ3n) is 8.39. The van der Waals surface area contributed by atoms with Gasteiger partial charge in [0.2, 0.25) is 0 Å². The molecule has 0 aliphatic heterocycles. The van der Waals surface area contributed by atoms with Crippen molar-refractivity contribution in [2.75, 3.05) is 7.11 Å². The molecule has 7 heteroatoms. The van der Waals surface area contributed by atoms with E-state index in [-0.39, 0.29) is 21.1 Å². The van der Waals surface area contributed by atoms with E-state index in [0.717, 1.165) is 57.6 Å². The van der Waals surface area contributed by atoms with E-state index in [1.54, 1.807) is 13.3 Å². The topological polar surface area (TPSA) is 54.1 Å². The van der Waals surface area contributed by atoms with Crippen molar-refractivity contribution < 1.29 is 30.5 Å². The molecule has 0 aliphatic carbocycles. The predicted molar refractivity (Wildman–Crippen MR) is 180 cm³/mol. The number of para-hydroxylation sites is 1. The Balaban J connectivity index is 0.00000372. The molecule has 0 saturated carbocycles. The van der Waals surface area contributed by atoms with E-state index in [0.29, 0.717) is 11.5 Å². The van der Waals surface area contributed by atoms with E-state index in [4.69, 9.17) is 14.6 Å². The smallest absolute Gasteiger partial charge is 0.509 e. The average molecular weight is 786 g/mol. The van der Waals surface area contributed by atoms with Gasteiger partial charge < -0.3 is 14.0 Å². The molecule has 3 aromatic heterocycles. The molecule has 0 saturated heterocycles. The van der Waals surface area contributed by atoms with Crippen LogP contribution in [-0.2, 0) is 33.9 Å². The number of fused-ring (bicyclic) bond motifs is 3. The molecule has 0 bridgehead atoms. The van der Waals surface area contributed by atoms with Crippen LogP contribution in [0.25, 0.3) is 44.4 Å². The van der Waals surface area contributed by atoms with Crippen LogP contribution in [0.4, 0.5) is 0 Å². The number of ether oxygens (including phenoxy) is 2. The minimum atomic E-state index is 0. The van der Waals surface area contributed by atoms with Crippen LogP contribution < -0.4 is 9.47 Å². The van der Waals surface area contributed by atoms with Crippen molar-refractivity contribution in [1.29, 1.82) is 0 Å². The van der Waals surface area contributed by atoms with Gasteiger partial charge in [0, 0.05) is 40.5 Å². The van der Waals surface area contributed by atoms with Crippen molar-refractivity contribution in [1.82, 2.24) is 19.3 Å². The summed E-state index contributed by atoms with van der Waals surface area (Å²) in [5.41, 5.74) is 10.0. The fourth-order valence-corrected chi connectivity index (χ4v) is 6.33. The van der Waals surface area contributed by atoms with E-state index in [1.807, 2.05) is 53.2 Å². The fourth-order valence-electron chi connectivity index (χ4n) is 6.33. The maximum absolute atomic E-state index is 6.43. The molecule has 0 aliphatic rings. The van der Waals surface area contributed by atoms with Gasteiger partial charge in [0.05, 0.1) is 12.8 Å². The summed E-state index contributed by atoms with van der Waals surface area (Å²) in [5, 5.41) is 7.28. The molecular weight excluding hydrogens is 752 g/mol. The predicted octanol–water partition coefficient (Wildman–Crippen LogP) is 9.17. The second kappa shape index (κ2) is 13.0. The zero-order chi connectivity index (χ0) is 31.1. The summed E-state index contributed by atoms with van der Waals surface area (Å²) >= 11 is 0. The number of pyridine rings is 1. The summed E-state index contributed by atoms with van der Waals surface area (Å²) in [5.74, 6) is 2.67. The number of aryl methyl sites for hydroxylation is 3. The molecule has 7 aromatic rings. The summed E-state index contributed by atoms with van der Waals surface area (Å²) < 4.78 is 16.1. The molecule has 0 N–H and O–H groups in total. The van der Waals surface area contributed by atoms with Crippen molar-refractivity contribution in [3.63, 3.8) is 0 Å². The third-order valence-corrected chi connectivity index (χ3v) is 8.39. The van der Waals surface area contributed by atoms with Crippen LogP contribution >= 0.6 is 0 Å². The number of rotatable bonds is 8. The van der Waals surface area contributed by atoms with Crippen LogP contribution in [0.3, 0.4) is 0 Å². The zero-order valence-corrected chi connectivity index (χ0v) is 28.8. The van der Waals surface area contributed by atoms with Gasteiger partial charge in [-0.05, 0) is 66.6 Å². The minimum absolute atomic E-state index is 0. The number of benzene rings is 4. The van der Waals surface area contributed by atoms with Crippen LogP contribution in [0.2, 0.25) is 0 Å². The van der Waals surface area contributed by atoms with Crippen molar-refractivity contribution >= 4 is 21.8 Å². The molecule has 0 spiro atoms.